The molecule has 1 saturated heterocycles. The summed E-state index contributed by atoms with van der Waals surface area (Å²) in [6.07, 6.45) is 1.52. The van der Waals surface area contributed by atoms with Crippen LogP contribution in [0.3, 0.4) is 0 Å². The summed E-state index contributed by atoms with van der Waals surface area (Å²) in [6, 6.07) is 9.66. The van der Waals surface area contributed by atoms with Crippen LogP contribution in [0.25, 0.3) is 11.3 Å². The summed E-state index contributed by atoms with van der Waals surface area (Å²) >= 11 is 0. The van der Waals surface area contributed by atoms with Gasteiger partial charge in [-0.25, -0.2) is 9.97 Å². The van der Waals surface area contributed by atoms with E-state index >= 15 is 0 Å². The lowest BCUT2D eigenvalue weighted by atomic mass is 10.1. The fraction of sp³-hybridized carbons (Fsp3) is 0.400. The zero-order valence-corrected chi connectivity index (χ0v) is 16.1. The molecule has 1 fully saturated rings. The number of hydrogen-bond donors (Lipinski definition) is 0. The van der Waals surface area contributed by atoms with Crippen LogP contribution >= 0.6 is 0 Å². The van der Waals surface area contributed by atoms with Gasteiger partial charge < -0.3 is 19.3 Å². The minimum atomic E-state index is -0.515. The molecule has 2 heterocycles. The molecule has 0 bridgehead atoms. The smallest absolute Gasteiger partial charge is 0.315 e. The van der Waals surface area contributed by atoms with E-state index in [0.29, 0.717) is 38.7 Å². The van der Waals surface area contributed by atoms with Gasteiger partial charge in [0, 0.05) is 37.9 Å². The number of aromatic nitrogens is 2. The summed E-state index contributed by atoms with van der Waals surface area (Å²) in [5, 5.41) is 0. The molecule has 0 saturated carbocycles. The molecule has 1 aliphatic rings. The maximum absolute atomic E-state index is 12.1. The zero-order chi connectivity index (χ0) is 19.9. The predicted octanol–water partition coefficient (Wildman–Crippen LogP) is 1.75. The number of nitrogens with zero attached hydrogens (tertiary/aromatic N) is 4. The third-order valence-electron chi connectivity index (χ3n) is 4.54. The second kappa shape index (κ2) is 9.16. The molecule has 0 unspecified atom stereocenters. The van der Waals surface area contributed by atoms with Crippen LogP contribution < -0.4 is 9.64 Å². The molecule has 0 N–H and O–H groups in total. The first kappa shape index (κ1) is 19.6. The molecule has 1 amide bonds. The number of carbonyl (C=O) groups is 2. The van der Waals surface area contributed by atoms with Gasteiger partial charge in [0.2, 0.25) is 11.9 Å². The second-order valence-electron chi connectivity index (χ2n) is 6.32. The van der Waals surface area contributed by atoms with Crippen LogP contribution in [0.2, 0.25) is 0 Å². The van der Waals surface area contributed by atoms with Gasteiger partial charge in [-0.2, -0.15) is 0 Å². The van der Waals surface area contributed by atoms with Crippen molar-refractivity contribution in [3.8, 4) is 17.0 Å². The largest absolute Gasteiger partial charge is 0.494 e. The Bertz CT molecular complexity index is 817. The van der Waals surface area contributed by atoms with Gasteiger partial charge in [0.25, 0.3) is 0 Å². The Hall–Kier alpha value is -3.16. The van der Waals surface area contributed by atoms with Crippen molar-refractivity contribution in [2.45, 2.75) is 13.3 Å². The maximum Gasteiger partial charge on any atom is 0.315 e. The molecule has 8 heteroatoms. The van der Waals surface area contributed by atoms with E-state index in [1.165, 1.54) is 7.11 Å². The molecule has 0 atom stereocenters. The SMILES string of the molecule is CCOc1ccc(-c2ccnc(N3CCN(C(=O)CC(=O)OC)CC3)n2)cc1. The lowest BCUT2D eigenvalue weighted by molar-refractivity contribution is -0.146. The van der Waals surface area contributed by atoms with E-state index in [9.17, 15) is 9.59 Å². The average Bonchev–Trinajstić information content (AvgIpc) is 2.74. The number of amides is 1. The van der Waals surface area contributed by atoms with Crippen LogP contribution in [0.5, 0.6) is 5.75 Å². The number of piperazine rings is 1. The molecular weight excluding hydrogens is 360 g/mol. The van der Waals surface area contributed by atoms with Gasteiger partial charge in [0.15, 0.2) is 0 Å². The summed E-state index contributed by atoms with van der Waals surface area (Å²) < 4.78 is 10.0. The number of benzene rings is 1. The van der Waals surface area contributed by atoms with E-state index in [-0.39, 0.29) is 12.3 Å². The monoisotopic (exact) mass is 384 g/mol. The molecule has 8 nitrogen and oxygen atoms in total. The van der Waals surface area contributed by atoms with E-state index in [0.717, 1.165) is 17.0 Å². The molecule has 1 aromatic heterocycles. The lowest BCUT2D eigenvalue weighted by Crippen LogP contribution is -2.49. The normalized spacial score (nSPS) is 13.9. The van der Waals surface area contributed by atoms with Crippen molar-refractivity contribution in [2.75, 3.05) is 44.8 Å². The van der Waals surface area contributed by atoms with Crippen molar-refractivity contribution in [1.29, 1.82) is 0 Å². The first-order chi connectivity index (χ1) is 13.6. The van der Waals surface area contributed by atoms with Gasteiger partial charge in [-0.1, -0.05) is 0 Å². The van der Waals surface area contributed by atoms with Gasteiger partial charge in [0.05, 0.1) is 19.4 Å². The number of carbonyl (C=O) groups excluding carboxylic acids is 2. The van der Waals surface area contributed by atoms with E-state index in [4.69, 9.17) is 4.74 Å². The average molecular weight is 384 g/mol. The second-order valence-corrected chi connectivity index (χ2v) is 6.32. The number of esters is 1. The van der Waals surface area contributed by atoms with Gasteiger partial charge in [-0.15, -0.1) is 0 Å². The molecule has 3 rings (SSSR count). The molecule has 28 heavy (non-hydrogen) atoms. The van der Waals surface area contributed by atoms with Crippen LogP contribution in [0.4, 0.5) is 5.95 Å². The molecule has 0 aliphatic carbocycles. The van der Waals surface area contributed by atoms with Gasteiger partial charge in [0.1, 0.15) is 12.2 Å². The Morgan fingerprint density at radius 2 is 1.79 bits per heavy atom. The Labute approximate surface area is 164 Å². The third kappa shape index (κ3) is 4.76. The van der Waals surface area contributed by atoms with Crippen LogP contribution in [-0.2, 0) is 14.3 Å². The van der Waals surface area contributed by atoms with Gasteiger partial charge in [-0.05, 0) is 37.3 Å². The summed E-state index contributed by atoms with van der Waals surface area (Å²) in [6.45, 7) is 4.84. The van der Waals surface area contributed by atoms with Gasteiger partial charge in [-0.3, -0.25) is 9.59 Å². The third-order valence-corrected chi connectivity index (χ3v) is 4.54. The maximum atomic E-state index is 12.1. The predicted molar refractivity (Wildman–Crippen MR) is 104 cm³/mol. The highest BCUT2D eigenvalue weighted by Crippen LogP contribution is 2.22. The molecule has 0 spiro atoms. The summed E-state index contributed by atoms with van der Waals surface area (Å²) in [5.41, 5.74) is 1.82. The summed E-state index contributed by atoms with van der Waals surface area (Å²) in [7, 11) is 1.28. The lowest BCUT2D eigenvalue weighted by Gasteiger charge is -2.34. The molecule has 148 valence electrons. The van der Waals surface area contributed by atoms with Crippen LogP contribution in [-0.4, -0.2) is 66.6 Å². The Balaban J connectivity index is 1.63. The standard InChI is InChI=1S/C20H24N4O4/c1-3-28-16-6-4-15(5-7-16)17-8-9-21-20(22-17)24-12-10-23(11-13-24)18(25)14-19(26)27-2/h4-9H,3,10-14H2,1-2H3. The molecule has 1 aromatic carbocycles. The summed E-state index contributed by atoms with van der Waals surface area (Å²) in [4.78, 5) is 36.1. The van der Waals surface area contributed by atoms with Crippen molar-refractivity contribution in [3.05, 3.63) is 36.5 Å². The highest BCUT2D eigenvalue weighted by molar-refractivity contribution is 5.94. The van der Waals surface area contributed by atoms with E-state index < -0.39 is 5.97 Å². The molecule has 1 aliphatic heterocycles. The van der Waals surface area contributed by atoms with Crippen LogP contribution in [0.15, 0.2) is 36.5 Å². The van der Waals surface area contributed by atoms with Crippen molar-refractivity contribution in [2.24, 2.45) is 0 Å². The van der Waals surface area contributed by atoms with Crippen molar-refractivity contribution in [1.82, 2.24) is 14.9 Å². The van der Waals surface area contributed by atoms with E-state index in [1.807, 2.05) is 42.2 Å². The molecular formula is C20H24N4O4. The summed E-state index contributed by atoms with van der Waals surface area (Å²) in [5.74, 6) is 0.731. The first-order valence-electron chi connectivity index (χ1n) is 9.26. The molecule has 0 radical (unpaired) electrons. The van der Waals surface area contributed by atoms with Crippen molar-refractivity contribution < 1.29 is 19.1 Å². The van der Waals surface area contributed by atoms with E-state index in [1.54, 1.807) is 11.1 Å². The number of anilines is 1. The minimum absolute atomic E-state index is 0.212. The fourth-order valence-electron chi connectivity index (χ4n) is 3.01. The number of methoxy groups -OCH3 is 1. The topological polar surface area (TPSA) is 84.9 Å². The van der Waals surface area contributed by atoms with Crippen LogP contribution in [0, 0.1) is 0 Å². The number of rotatable bonds is 6. The number of hydrogen-bond acceptors (Lipinski definition) is 7. The number of ether oxygens (including phenoxy) is 2. The highest BCUT2D eigenvalue weighted by Gasteiger charge is 2.24. The molecule has 2 aromatic rings. The quantitative estimate of drug-likeness (QED) is 0.554. The zero-order valence-electron chi connectivity index (χ0n) is 16.1. The van der Waals surface area contributed by atoms with Gasteiger partial charge >= 0.3 is 5.97 Å². The Kier molecular flexibility index (Phi) is 6.41. The van der Waals surface area contributed by atoms with Crippen molar-refractivity contribution >= 4 is 17.8 Å². The fourth-order valence-corrected chi connectivity index (χ4v) is 3.01. The first-order valence-corrected chi connectivity index (χ1v) is 9.26. The van der Waals surface area contributed by atoms with Crippen molar-refractivity contribution in [3.63, 3.8) is 0 Å². The minimum Gasteiger partial charge on any atom is -0.494 e. The Morgan fingerprint density at radius 3 is 2.43 bits per heavy atom. The van der Waals surface area contributed by atoms with E-state index in [2.05, 4.69) is 14.7 Å². The highest BCUT2D eigenvalue weighted by atomic mass is 16.5. The van der Waals surface area contributed by atoms with Crippen LogP contribution in [0.1, 0.15) is 13.3 Å². The Morgan fingerprint density at radius 1 is 1.07 bits per heavy atom.